The zero-order chi connectivity index (χ0) is 10.8. The number of carbonyl (C=O) groups excluding carboxylic acids is 1. The Kier molecular flexibility index (Phi) is 2.55. The molecule has 2 rings (SSSR count). The van der Waals surface area contributed by atoms with Gasteiger partial charge in [0.15, 0.2) is 0 Å². The molecule has 4 nitrogen and oxygen atoms in total. The summed E-state index contributed by atoms with van der Waals surface area (Å²) in [5, 5.41) is 3.34. The van der Waals surface area contributed by atoms with Crippen molar-refractivity contribution in [3.05, 3.63) is 18.2 Å². The number of rotatable bonds is 2. The Labute approximate surface area is 90.9 Å². The molecule has 0 aliphatic rings. The Morgan fingerprint density at radius 2 is 2.33 bits per heavy atom. The number of methoxy groups -OCH3 is 1. The lowest BCUT2D eigenvalue weighted by molar-refractivity contribution is -0.114. The second-order valence-electron chi connectivity index (χ2n) is 3.05. The first-order valence-corrected chi connectivity index (χ1v) is 5.23. The van der Waals surface area contributed by atoms with Gasteiger partial charge in [-0.1, -0.05) is 11.3 Å². The molecular weight excluding hydrogens is 212 g/mol. The molecule has 0 saturated heterocycles. The topological polar surface area (TPSA) is 51.2 Å². The molecule has 5 heteroatoms. The van der Waals surface area contributed by atoms with Gasteiger partial charge in [0.2, 0.25) is 5.91 Å². The number of amides is 1. The maximum Gasteiger partial charge on any atom is 0.274 e. The van der Waals surface area contributed by atoms with Gasteiger partial charge in [-0.2, -0.15) is 0 Å². The van der Waals surface area contributed by atoms with Crippen molar-refractivity contribution in [2.45, 2.75) is 6.92 Å². The van der Waals surface area contributed by atoms with Crippen LogP contribution in [-0.4, -0.2) is 18.0 Å². The first-order valence-electron chi connectivity index (χ1n) is 4.41. The number of hydrogen-bond donors (Lipinski definition) is 1. The van der Waals surface area contributed by atoms with E-state index in [1.165, 1.54) is 18.3 Å². The van der Waals surface area contributed by atoms with Crippen molar-refractivity contribution in [2.24, 2.45) is 0 Å². The third-order valence-corrected chi connectivity index (χ3v) is 2.86. The Morgan fingerprint density at radius 3 is 3.00 bits per heavy atom. The molecule has 0 bridgehead atoms. The van der Waals surface area contributed by atoms with E-state index >= 15 is 0 Å². The Bertz CT molecular complexity index is 507. The summed E-state index contributed by atoms with van der Waals surface area (Å²) < 4.78 is 6.08. The molecule has 0 radical (unpaired) electrons. The van der Waals surface area contributed by atoms with E-state index in [-0.39, 0.29) is 5.91 Å². The summed E-state index contributed by atoms with van der Waals surface area (Å²) in [5.74, 6) is -0.0865. The third-order valence-electron chi connectivity index (χ3n) is 1.86. The highest BCUT2D eigenvalue weighted by atomic mass is 32.1. The number of nitrogens with zero attached hydrogens (tertiary/aromatic N) is 1. The highest BCUT2D eigenvalue weighted by molar-refractivity contribution is 7.20. The molecule has 0 spiro atoms. The Hall–Kier alpha value is -1.62. The van der Waals surface area contributed by atoms with Crippen LogP contribution in [0.5, 0.6) is 5.19 Å². The minimum absolute atomic E-state index is 0.0865. The number of fused-ring (bicyclic) bond motifs is 1. The van der Waals surface area contributed by atoms with E-state index < -0.39 is 0 Å². The van der Waals surface area contributed by atoms with Crippen molar-refractivity contribution >= 4 is 33.1 Å². The molecule has 1 heterocycles. The number of aromatic nitrogens is 1. The van der Waals surface area contributed by atoms with Crippen LogP contribution in [0.25, 0.3) is 10.2 Å². The summed E-state index contributed by atoms with van der Waals surface area (Å²) in [6, 6.07) is 5.60. The molecule has 15 heavy (non-hydrogen) atoms. The highest BCUT2D eigenvalue weighted by Crippen LogP contribution is 2.29. The molecule has 1 N–H and O–H groups in total. The fourth-order valence-corrected chi connectivity index (χ4v) is 2.04. The average Bonchev–Trinajstić information content (AvgIpc) is 2.58. The van der Waals surface area contributed by atoms with Gasteiger partial charge >= 0.3 is 0 Å². The summed E-state index contributed by atoms with van der Waals surface area (Å²) in [7, 11) is 1.59. The van der Waals surface area contributed by atoms with Crippen LogP contribution in [0.2, 0.25) is 0 Å². The van der Waals surface area contributed by atoms with Gasteiger partial charge in [0.25, 0.3) is 5.19 Å². The first kappa shape index (κ1) is 9.92. The highest BCUT2D eigenvalue weighted by Gasteiger charge is 2.04. The average molecular weight is 222 g/mol. The Morgan fingerprint density at radius 1 is 1.53 bits per heavy atom. The SMILES string of the molecule is COc1nc2cc(NC(C)=O)ccc2s1. The second kappa shape index (κ2) is 3.86. The molecule has 1 aromatic carbocycles. The number of nitrogens with one attached hydrogen (secondary N) is 1. The number of thiazole rings is 1. The third kappa shape index (κ3) is 2.07. The van der Waals surface area contributed by atoms with Gasteiger partial charge in [-0.3, -0.25) is 4.79 Å². The predicted octanol–water partition coefficient (Wildman–Crippen LogP) is 2.26. The van der Waals surface area contributed by atoms with Gasteiger partial charge in [0.1, 0.15) is 0 Å². The Balaban J connectivity index is 2.41. The van der Waals surface area contributed by atoms with Gasteiger partial charge < -0.3 is 10.1 Å². The molecule has 0 fully saturated rings. The largest absolute Gasteiger partial charge is 0.473 e. The van der Waals surface area contributed by atoms with E-state index in [0.29, 0.717) is 5.19 Å². The molecule has 78 valence electrons. The zero-order valence-electron chi connectivity index (χ0n) is 8.40. The van der Waals surface area contributed by atoms with E-state index in [0.717, 1.165) is 15.9 Å². The van der Waals surface area contributed by atoms with Gasteiger partial charge in [0, 0.05) is 12.6 Å². The van der Waals surface area contributed by atoms with Crippen LogP contribution < -0.4 is 10.1 Å². The number of carbonyl (C=O) groups is 1. The van der Waals surface area contributed by atoms with Crippen molar-refractivity contribution < 1.29 is 9.53 Å². The van der Waals surface area contributed by atoms with E-state index in [1.807, 2.05) is 18.2 Å². The van der Waals surface area contributed by atoms with Crippen LogP contribution in [0.3, 0.4) is 0 Å². The molecule has 0 atom stereocenters. The van der Waals surface area contributed by atoms with E-state index in [9.17, 15) is 4.79 Å². The minimum atomic E-state index is -0.0865. The molecular formula is C10H10N2O2S. The zero-order valence-corrected chi connectivity index (χ0v) is 9.22. The monoisotopic (exact) mass is 222 g/mol. The van der Waals surface area contributed by atoms with E-state index in [4.69, 9.17) is 4.74 Å². The molecule has 2 aromatic rings. The van der Waals surface area contributed by atoms with Gasteiger partial charge in [-0.05, 0) is 18.2 Å². The molecule has 1 aromatic heterocycles. The van der Waals surface area contributed by atoms with Crippen LogP contribution in [0.15, 0.2) is 18.2 Å². The number of hydrogen-bond acceptors (Lipinski definition) is 4. The predicted molar refractivity (Wildman–Crippen MR) is 60.5 cm³/mol. The lowest BCUT2D eigenvalue weighted by atomic mass is 10.3. The molecule has 0 saturated carbocycles. The normalized spacial score (nSPS) is 10.3. The van der Waals surface area contributed by atoms with Crippen molar-refractivity contribution in [3.63, 3.8) is 0 Å². The quantitative estimate of drug-likeness (QED) is 0.848. The molecule has 0 aliphatic carbocycles. The van der Waals surface area contributed by atoms with E-state index in [2.05, 4.69) is 10.3 Å². The maximum absolute atomic E-state index is 10.9. The van der Waals surface area contributed by atoms with Crippen molar-refractivity contribution in [1.82, 2.24) is 4.98 Å². The fourth-order valence-electron chi connectivity index (χ4n) is 1.27. The van der Waals surface area contributed by atoms with Gasteiger partial charge in [-0.25, -0.2) is 4.98 Å². The van der Waals surface area contributed by atoms with Crippen LogP contribution in [0, 0.1) is 0 Å². The summed E-state index contributed by atoms with van der Waals surface area (Å²) >= 11 is 1.48. The van der Waals surface area contributed by atoms with Crippen molar-refractivity contribution in [3.8, 4) is 5.19 Å². The van der Waals surface area contributed by atoms with Crippen LogP contribution >= 0.6 is 11.3 Å². The molecule has 0 unspecified atom stereocenters. The van der Waals surface area contributed by atoms with E-state index in [1.54, 1.807) is 7.11 Å². The number of benzene rings is 1. The number of ether oxygens (including phenoxy) is 1. The van der Waals surface area contributed by atoms with Gasteiger partial charge in [-0.15, -0.1) is 0 Å². The van der Waals surface area contributed by atoms with Crippen LogP contribution in [-0.2, 0) is 4.79 Å². The molecule has 0 aliphatic heterocycles. The summed E-state index contributed by atoms with van der Waals surface area (Å²) in [5.41, 5.74) is 1.59. The van der Waals surface area contributed by atoms with Crippen LogP contribution in [0.4, 0.5) is 5.69 Å². The summed E-state index contributed by atoms with van der Waals surface area (Å²) in [6.45, 7) is 1.48. The fraction of sp³-hybridized carbons (Fsp3) is 0.200. The van der Waals surface area contributed by atoms with Crippen molar-refractivity contribution in [2.75, 3.05) is 12.4 Å². The summed E-state index contributed by atoms with van der Waals surface area (Å²) in [6.07, 6.45) is 0. The van der Waals surface area contributed by atoms with Gasteiger partial charge in [0.05, 0.1) is 17.3 Å². The maximum atomic E-state index is 10.9. The lowest BCUT2D eigenvalue weighted by Gasteiger charge is -1.99. The van der Waals surface area contributed by atoms with Crippen LogP contribution in [0.1, 0.15) is 6.92 Å². The lowest BCUT2D eigenvalue weighted by Crippen LogP contribution is -2.05. The number of anilines is 1. The second-order valence-corrected chi connectivity index (χ2v) is 4.04. The van der Waals surface area contributed by atoms with Crippen molar-refractivity contribution in [1.29, 1.82) is 0 Å². The molecule has 1 amide bonds. The summed E-state index contributed by atoms with van der Waals surface area (Å²) in [4.78, 5) is 15.1. The first-order chi connectivity index (χ1) is 7.19. The minimum Gasteiger partial charge on any atom is -0.473 e. The smallest absolute Gasteiger partial charge is 0.274 e. The standard InChI is InChI=1S/C10H10N2O2S/c1-6(13)11-7-3-4-9-8(5-7)12-10(14-2)15-9/h3-5H,1-2H3,(H,11,13).